The largest absolute Gasteiger partial charge is 0.492 e. The number of anilines is 1. The number of fused-ring (bicyclic) bond motifs is 4. The average molecular weight is 639 g/mol. The lowest BCUT2D eigenvalue weighted by Gasteiger charge is -2.41. The number of ether oxygens (including phenoxy) is 2. The van der Waals surface area contributed by atoms with Gasteiger partial charge in [0.15, 0.2) is 5.83 Å². The Morgan fingerprint density at radius 3 is 2.70 bits per heavy atom. The number of amides is 1. The number of carbonyl (C=O) groups is 1. The summed E-state index contributed by atoms with van der Waals surface area (Å²) in [7, 11) is 2.08. The summed E-state index contributed by atoms with van der Waals surface area (Å²) in [5.41, 5.74) is 3.13. The standard InChI is InChI=1S/C36H36F2N6O3/c1-22(37)35(45)44-17-16-43(20-24(44)13-14-39)34-32-30(40-36(41-34)47-21-25-9-5-15-42(25)2)19-28(27-11-6-18-46-33(27)32)26-10-3-7-23-8-4-12-29(38)31(23)26/h3-4,7-8,10,12,19,24-25H,1,5-6,9,11,13,15-18,20-21H2,2H3/t24-,25-/m0/s1. The molecule has 0 spiro atoms. The first-order chi connectivity index (χ1) is 22.8. The first-order valence-corrected chi connectivity index (χ1v) is 16.1. The summed E-state index contributed by atoms with van der Waals surface area (Å²) in [6, 6.07) is 14.8. The van der Waals surface area contributed by atoms with Gasteiger partial charge in [0, 0.05) is 36.6 Å². The number of likely N-dealkylation sites (tertiary alicyclic amines) is 1. The number of benzene rings is 3. The molecule has 4 aromatic rings. The molecule has 47 heavy (non-hydrogen) atoms. The maximum atomic E-state index is 15.4. The number of halogens is 2. The predicted octanol–water partition coefficient (Wildman–Crippen LogP) is 5.80. The molecule has 0 aliphatic carbocycles. The maximum Gasteiger partial charge on any atom is 0.319 e. The molecule has 1 amide bonds. The lowest BCUT2D eigenvalue weighted by atomic mass is 9.89. The van der Waals surface area contributed by atoms with Gasteiger partial charge in [0.1, 0.15) is 24.0 Å². The Hall–Kier alpha value is -4.82. The number of likely N-dealkylation sites (N-methyl/N-ethyl adjacent to an activating group) is 1. The maximum absolute atomic E-state index is 15.4. The molecule has 3 aliphatic rings. The number of hydrogen-bond acceptors (Lipinski definition) is 8. The van der Waals surface area contributed by atoms with Crippen LogP contribution in [0.2, 0.25) is 0 Å². The van der Waals surface area contributed by atoms with E-state index in [-0.39, 0.29) is 37.4 Å². The topological polar surface area (TPSA) is 94.8 Å². The van der Waals surface area contributed by atoms with E-state index < -0.39 is 17.8 Å². The fourth-order valence-corrected chi connectivity index (χ4v) is 7.26. The molecular formula is C36H36F2N6O3. The van der Waals surface area contributed by atoms with Crippen LogP contribution in [0.4, 0.5) is 14.6 Å². The number of nitrogens with zero attached hydrogens (tertiary/aromatic N) is 6. The van der Waals surface area contributed by atoms with Gasteiger partial charge in [-0.15, -0.1) is 0 Å². The Kier molecular flexibility index (Phi) is 8.37. The first kappa shape index (κ1) is 30.8. The smallest absolute Gasteiger partial charge is 0.319 e. The van der Waals surface area contributed by atoms with E-state index in [0.717, 1.165) is 54.3 Å². The van der Waals surface area contributed by atoms with Crippen molar-refractivity contribution in [2.24, 2.45) is 0 Å². The van der Waals surface area contributed by atoms with E-state index in [0.29, 0.717) is 47.6 Å². The van der Waals surface area contributed by atoms with Gasteiger partial charge < -0.3 is 24.2 Å². The van der Waals surface area contributed by atoms with Crippen LogP contribution in [0.1, 0.15) is 31.2 Å². The highest BCUT2D eigenvalue weighted by atomic mass is 19.1. The van der Waals surface area contributed by atoms with Crippen LogP contribution in [-0.2, 0) is 11.2 Å². The minimum absolute atomic E-state index is 0.0152. The Balaban J connectivity index is 1.39. The van der Waals surface area contributed by atoms with Crippen LogP contribution >= 0.6 is 0 Å². The number of nitriles is 1. The summed E-state index contributed by atoms with van der Waals surface area (Å²) in [4.78, 5) is 28.1. The second-order valence-corrected chi connectivity index (χ2v) is 12.5. The summed E-state index contributed by atoms with van der Waals surface area (Å²) in [6.07, 6.45) is 3.64. The number of hydrogen-bond donors (Lipinski definition) is 0. The molecule has 4 heterocycles. The molecule has 2 saturated heterocycles. The van der Waals surface area contributed by atoms with Gasteiger partial charge >= 0.3 is 6.01 Å². The van der Waals surface area contributed by atoms with Crippen LogP contribution in [0.5, 0.6) is 11.8 Å². The van der Waals surface area contributed by atoms with E-state index in [1.165, 1.54) is 11.0 Å². The Labute approximate surface area is 272 Å². The van der Waals surface area contributed by atoms with Crippen molar-refractivity contribution >= 4 is 33.4 Å². The summed E-state index contributed by atoms with van der Waals surface area (Å²) in [5.74, 6) is -0.964. The molecule has 3 aromatic carbocycles. The van der Waals surface area contributed by atoms with Crippen molar-refractivity contribution in [2.45, 2.75) is 44.2 Å². The molecule has 9 nitrogen and oxygen atoms in total. The molecule has 0 saturated carbocycles. The molecule has 11 heteroatoms. The van der Waals surface area contributed by atoms with Gasteiger partial charge in [0.25, 0.3) is 5.91 Å². The highest BCUT2D eigenvalue weighted by molar-refractivity contribution is 6.04. The molecule has 2 atom stereocenters. The minimum atomic E-state index is -1.05. The normalized spacial score (nSPS) is 19.8. The molecular weight excluding hydrogens is 602 g/mol. The third-order valence-electron chi connectivity index (χ3n) is 9.64. The van der Waals surface area contributed by atoms with Crippen molar-refractivity contribution in [2.75, 3.05) is 51.3 Å². The van der Waals surface area contributed by atoms with Crippen molar-refractivity contribution in [3.8, 4) is 29.0 Å². The van der Waals surface area contributed by atoms with E-state index in [4.69, 9.17) is 19.4 Å². The van der Waals surface area contributed by atoms with E-state index in [1.54, 1.807) is 6.07 Å². The highest BCUT2D eigenvalue weighted by Gasteiger charge is 2.35. The third kappa shape index (κ3) is 5.71. The Bertz CT molecular complexity index is 1920. The molecule has 2 fully saturated rings. The fourth-order valence-electron chi connectivity index (χ4n) is 7.26. The highest BCUT2D eigenvalue weighted by Crippen LogP contribution is 2.46. The third-order valence-corrected chi connectivity index (χ3v) is 9.64. The fraction of sp³-hybridized carbons (Fsp3) is 0.389. The zero-order chi connectivity index (χ0) is 32.7. The van der Waals surface area contributed by atoms with Crippen molar-refractivity contribution < 1.29 is 23.0 Å². The van der Waals surface area contributed by atoms with E-state index in [1.807, 2.05) is 35.2 Å². The molecule has 1 aromatic heterocycles. The van der Waals surface area contributed by atoms with Gasteiger partial charge in [-0.3, -0.25) is 4.79 Å². The Morgan fingerprint density at radius 2 is 1.94 bits per heavy atom. The minimum Gasteiger partial charge on any atom is -0.492 e. The molecule has 0 radical (unpaired) electrons. The van der Waals surface area contributed by atoms with E-state index >= 15 is 4.39 Å². The van der Waals surface area contributed by atoms with Crippen molar-refractivity contribution in [3.05, 3.63) is 66.3 Å². The number of aromatic nitrogens is 2. The lowest BCUT2D eigenvalue weighted by Crippen LogP contribution is -2.55. The second kappa shape index (κ2) is 12.8. The summed E-state index contributed by atoms with van der Waals surface area (Å²) in [6.45, 7) is 5.86. The van der Waals surface area contributed by atoms with Crippen LogP contribution in [0, 0.1) is 17.1 Å². The summed E-state index contributed by atoms with van der Waals surface area (Å²) in [5, 5.41) is 11.6. The number of rotatable bonds is 7. The molecule has 3 aliphatic heterocycles. The van der Waals surface area contributed by atoms with Crippen molar-refractivity contribution in [1.82, 2.24) is 19.8 Å². The van der Waals surface area contributed by atoms with Gasteiger partial charge in [0.05, 0.1) is 36.0 Å². The zero-order valence-electron chi connectivity index (χ0n) is 26.3. The van der Waals surface area contributed by atoms with Crippen LogP contribution < -0.4 is 14.4 Å². The van der Waals surface area contributed by atoms with Gasteiger partial charge in [-0.2, -0.15) is 15.2 Å². The molecule has 0 N–H and O–H groups in total. The lowest BCUT2D eigenvalue weighted by molar-refractivity contribution is -0.131. The van der Waals surface area contributed by atoms with Gasteiger partial charge in [-0.05, 0) is 67.9 Å². The summed E-state index contributed by atoms with van der Waals surface area (Å²) < 4.78 is 42.0. The van der Waals surface area contributed by atoms with E-state index in [2.05, 4.69) is 24.6 Å². The average Bonchev–Trinajstić information content (AvgIpc) is 3.50. The monoisotopic (exact) mass is 638 g/mol. The molecule has 0 unspecified atom stereocenters. The van der Waals surface area contributed by atoms with Crippen LogP contribution in [-0.4, -0.2) is 84.2 Å². The second-order valence-electron chi connectivity index (χ2n) is 12.5. The Morgan fingerprint density at radius 1 is 1.11 bits per heavy atom. The van der Waals surface area contributed by atoms with Crippen molar-refractivity contribution in [3.63, 3.8) is 0 Å². The van der Waals surface area contributed by atoms with Gasteiger partial charge in [0.2, 0.25) is 0 Å². The first-order valence-electron chi connectivity index (χ1n) is 16.1. The summed E-state index contributed by atoms with van der Waals surface area (Å²) >= 11 is 0. The van der Waals surface area contributed by atoms with Crippen LogP contribution in [0.3, 0.4) is 0 Å². The predicted molar refractivity (Wildman–Crippen MR) is 176 cm³/mol. The molecule has 0 bridgehead atoms. The number of piperazine rings is 1. The molecule has 242 valence electrons. The van der Waals surface area contributed by atoms with Gasteiger partial charge in [-0.25, -0.2) is 8.78 Å². The van der Waals surface area contributed by atoms with Crippen LogP contribution in [0.25, 0.3) is 32.8 Å². The SMILES string of the molecule is C=C(F)C(=O)N1CCN(c2nc(OC[C@@H]3CCCN3C)nc3cc(-c4cccc5cccc(F)c45)c4c(c23)OCCC4)C[C@@H]1CC#N. The van der Waals surface area contributed by atoms with E-state index in [9.17, 15) is 14.4 Å². The van der Waals surface area contributed by atoms with Gasteiger partial charge in [-0.1, -0.05) is 36.9 Å². The number of carbonyl (C=O) groups excluding carboxylic acids is 1. The molecule has 7 rings (SSSR count). The van der Waals surface area contributed by atoms with Crippen LogP contribution in [0.15, 0.2) is 54.9 Å². The van der Waals surface area contributed by atoms with Crippen molar-refractivity contribution in [1.29, 1.82) is 5.26 Å². The zero-order valence-corrected chi connectivity index (χ0v) is 26.3. The quantitative estimate of drug-likeness (QED) is 0.235.